The highest BCUT2D eigenvalue weighted by molar-refractivity contribution is 7.92. The van der Waals surface area contributed by atoms with E-state index in [1.807, 2.05) is 0 Å². The van der Waals surface area contributed by atoms with Crippen molar-refractivity contribution in [2.45, 2.75) is 49.5 Å². The maximum absolute atomic E-state index is 15.4. The number of nitrogens with one attached hydrogen (secondary N) is 2. The lowest BCUT2D eigenvalue weighted by Crippen LogP contribution is -2.35. The van der Waals surface area contributed by atoms with Crippen molar-refractivity contribution in [2.24, 2.45) is 20.0 Å². The van der Waals surface area contributed by atoms with Crippen LogP contribution in [0.4, 0.5) is 36.6 Å². The van der Waals surface area contributed by atoms with Gasteiger partial charge in [0.15, 0.2) is 17.6 Å². The number of hydrogen-bond acceptors (Lipinski definition) is 8. The van der Waals surface area contributed by atoms with Crippen LogP contribution < -0.4 is 10.0 Å². The van der Waals surface area contributed by atoms with Crippen molar-refractivity contribution >= 4 is 44.3 Å². The number of benzene rings is 2. The van der Waals surface area contributed by atoms with Crippen molar-refractivity contribution in [3.8, 4) is 23.0 Å². The Bertz CT molecular complexity index is 2930. The zero-order valence-electron chi connectivity index (χ0n) is 31.9. The van der Waals surface area contributed by atoms with Gasteiger partial charge in [0.2, 0.25) is 15.9 Å². The first-order chi connectivity index (χ1) is 28.6. The molecular formula is C39H31ClF7N9O4S. The molecule has 1 saturated carbocycles. The molecular weight excluding hydrogens is 859 g/mol. The number of hydrogen-bond donors (Lipinski definition) is 3. The van der Waals surface area contributed by atoms with Gasteiger partial charge < -0.3 is 15.0 Å². The first-order valence-corrected chi connectivity index (χ1v) is 20.5. The molecule has 0 bridgehead atoms. The van der Waals surface area contributed by atoms with E-state index in [4.69, 9.17) is 16.6 Å². The van der Waals surface area contributed by atoms with Gasteiger partial charge in [0.05, 0.1) is 45.9 Å². The van der Waals surface area contributed by atoms with E-state index < -0.39 is 93.6 Å². The molecule has 2 aliphatic rings. The molecule has 0 aliphatic heterocycles. The van der Waals surface area contributed by atoms with E-state index in [1.54, 1.807) is 11.6 Å². The zero-order valence-corrected chi connectivity index (χ0v) is 33.4. The van der Waals surface area contributed by atoms with Crippen LogP contribution in [0.5, 0.6) is 0 Å². The zero-order chi connectivity index (χ0) is 43.9. The number of carbonyl (C=O) groups excluding carboxylic acids is 1. The van der Waals surface area contributed by atoms with Gasteiger partial charge in [-0.15, -0.1) is 0 Å². The summed E-state index contributed by atoms with van der Waals surface area (Å²) >= 11 is 6.59. The maximum atomic E-state index is 15.4. The molecule has 22 heteroatoms. The number of aliphatic hydroxyl groups is 1. The highest BCUT2D eigenvalue weighted by atomic mass is 35.5. The smallest absolute Gasteiger partial charge is 0.374 e. The normalized spacial score (nSPS) is 17.6. The van der Waals surface area contributed by atoms with Crippen LogP contribution in [0.3, 0.4) is 0 Å². The second-order valence-corrected chi connectivity index (χ2v) is 17.0. The van der Waals surface area contributed by atoms with Crippen molar-refractivity contribution in [1.82, 2.24) is 39.4 Å². The Hall–Kier alpha value is -5.98. The molecule has 318 valence electrons. The number of sulfonamides is 1. The van der Waals surface area contributed by atoms with Gasteiger partial charge in [-0.3, -0.25) is 18.9 Å². The summed E-state index contributed by atoms with van der Waals surface area (Å²) in [5.74, 6) is -3.99. The number of amides is 1. The monoisotopic (exact) mass is 889 g/mol. The number of alkyl halides is 5. The van der Waals surface area contributed by atoms with Crippen LogP contribution in [0.25, 0.3) is 22.0 Å². The largest absolute Gasteiger partial charge is 0.435 e. The Labute approximate surface area is 346 Å². The third-order valence-corrected chi connectivity index (χ3v) is 11.2. The lowest BCUT2D eigenvalue weighted by molar-refractivity contribution is -0.142. The number of aryl methyl sites for hydroxylation is 2. The quantitative estimate of drug-likeness (QED) is 0.107. The predicted molar refractivity (Wildman–Crippen MR) is 205 cm³/mol. The van der Waals surface area contributed by atoms with Crippen molar-refractivity contribution in [1.29, 1.82) is 0 Å². The molecule has 8 rings (SSSR count). The van der Waals surface area contributed by atoms with Gasteiger partial charge in [0.1, 0.15) is 29.6 Å². The molecule has 0 spiro atoms. The second-order valence-electron chi connectivity index (χ2n) is 14.9. The van der Waals surface area contributed by atoms with Gasteiger partial charge in [0.25, 0.3) is 5.92 Å². The van der Waals surface area contributed by atoms with Gasteiger partial charge in [-0.1, -0.05) is 23.6 Å². The SMILES string of the molecule is Cn1cnc([C@H](O)C#Cc2ccc(-c3ccc(Cl)c4c(NS(C)(=O)=O)nn(C)c34)c([C@H](Cc3cc(F)cc(F)c3)NC(=O)Cn3nc(C(F)(F)F)c4c3C(F)(F)C3C[C@H]43)n2)c1. The number of anilines is 1. The van der Waals surface area contributed by atoms with Crippen molar-refractivity contribution in [3.63, 3.8) is 0 Å². The molecule has 4 heterocycles. The summed E-state index contributed by atoms with van der Waals surface area (Å²) in [5.41, 5.74) is -2.33. The maximum Gasteiger partial charge on any atom is 0.435 e. The van der Waals surface area contributed by atoms with Crippen LogP contribution in [0, 0.1) is 29.4 Å². The van der Waals surface area contributed by atoms with Gasteiger partial charge in [-0.2, -0.15) is 32.1 Å². The fourth-order valence-corrected chi connectivity index (χ4v) is 8.56. The van der Waals surface area contributed by atoms with E-state index in [1.165, 1.54) is 48.5 Å². The average Bonchev–Trinajstić information content (AvgIpc) is 3.37. The van der Waals surface area contributed by atoms with Crippen LogP contribution in [-0.2, 0) is 54.0 Å². The Balaban J connectivity index is 1.28. The number of halogens is 8. The van der Waals surface area contributed by atoms with Crippen LogP contribution in [-0.4, -0.2) is 59.8 Å². The molecule has 1 unspecified atom stereocenters. The fourth-order valence-electron chi connectivity index (χ4n) is 7.82. The minimum absolute atomic E-state index is 0.00775. The van der Waals surface area contributed by atoms with Gasteiger partial charge in [-0.25, -0.2) is 27.2 Å². The van der Waals surface area contributed by atoms with E-state index in [0.717, 1.165) is 18.4 Å². The van der Waals surface area contributed by atoms with E-state index >= 15 is 8.78 Å². The first-order valence-electron chi connectivity index (χ1n) is 18.2. The van der Waals surface area contributed by atoms with E-state index in [0.29, 0.717) is 10.7 Å². The summed E-state index contributed by atoms with van der Waals surface area (Å²) < 4.78 is 133. The Kier molecular flexibility index (Phi) is 10.2. The summed E-state index contributed by atoms with van der Waals surface area (Å²) in [6.07, 6.45) is -3.19. The molecule has 2 aliphatic carbocycles. The van der Waals surface area contributed by atoms with Crippen molar-refractivity contribution in [3.05, 3.63) is 111 Å². The number of nitrogens with zero attached hydrogens (tertiary/aromatic N) is 7. The molecule has 1 amide bonds. The van der Waals surface area contributed by atoms with E-state index in [9.17, 15) is 40.3 Å². The topological polar surface area (TPSA) is 162 Å². The van der Waals surface area contributed by atoms with Crippen LogP contribution in [0.1, 0.15) is 64.1 Å². The van der Waals surface area contributed by atoms with Crippen molar-refractivity contribution in [2.75, 3.05) is 11.0 Å². The molecule has 4 atom stereocenters. The lowest BCUT2D eigenvalue weighted by Gasteiger charge is -2.23. The molecule has 13 nitrogen and oxygen atoms in total. The third-order valence-electron chi connectivity index (χ3n) is 10.3. The van der Waals surface area contributed by atoms with Gasteiger partial charge in [0, 0.05) is 49.0 Å². The van der Waals surface area contributed by atoms with Crippen molar-refractivity contribution < 1.29 is 49.1 Å². The van der Waals surface area contributed by atoms with Crippen LogP contribution in [0.2, 0.25) is 5.02 Å². The Morgan fingerprint density at radius 2 is 1.79 bits per heavy atom. The summed E-state index contributed by atoms with van der Waals surface area (Å²) in [5, 5.41) is 21.3. The first kappa shape index (κ1) is 41.7. The van der Waals surface area contributed by atoms with Gasteiger partial charge >= 0.3 is 6.18 Å². The molecule has 2 aromatic carbocycles. The minimum atomic E-state index is -5.10. The highest BCUT2D eigenvalue weighted by Gasteiger charge is 2.68. The molecule has 0 saturated heterocycles. The summed E-state index contributed by atoms with van der Waals surface area (Å²) in [4.78, 5) is 22.8. The molecule has 3 N–H and O–H groups in total. The average molecular weight is 890 g/mol. The second kappa shape index (κ2) is 14.9. The minimum Gasteiger partial charge on any atom is -0.374 e. The summed E-state index contributed by atoms with van der Waals surface area (Å²) in [7, 11) is -0.697. The number of rotatable bonds is 10. The summed E-state index contributed by atoms with van der Waals surface area (Å²) in [6.45, 7) is -1.11. The van der Waals surface area contributed by atoms with Crippen LogP contribution in [0.15, 0.2) is 55.0 Å². The number of fused-ring (bicyclic) bond motifs is 4. The number of pyridine rings is 1. The van der Waals surface area contributed by atoms with Gasteiger partial charge in [-0.05, 0) is 60.6 Å². The standard InChI is InChI=1S/C39H31ClF7N9O4S/c1-54-15-28(48-17-54)29(57)9-5-21-4-6-22(23-7-8-26(40)32-34(23)55(2)52-37(32)53-61(3,59)60)33(49-21)27(12-18-10-19(41)13-20(42)11-18)50-30(58)16-56-36-31(35(51-56)39(45,46)47)24-14-25(24)38(36,43)44/h4,6-8,10-11,13,15,17,24-25,27,29,57H,12,14,16H2,1-3H3,(H,50,58)(H,52,53)/t24-,25?,27-,29+/m0/s1. The molecule has 1 fully saturated rings. The Morgan fingerprint density at radius 3 is 2.44 bits per heavy atom. The molecule has 6 aromatic rings. The lowest BCUT2D eigenvalue weighted by atomic mass is 9.93. The molecule has 61 heavy (non-hydrogen) atoms. The van der Waals surface area contributed by atoms with Crippen LogP contribution >= 0.6 is 11.6 Å². The number of carbonyl (C=O) groups is 1. The number of imidazole rings is 1. The predicted octanol–water partition coefficient (Wildman–Crippen LogP) is 6.28. The Morgan fingerprint density at radius 1 is 1.08 bits per heavy atom. The fraction of sp³-hybridized carbons (Fsp3) is 0.308. The highest BCUT2D eigenvalue weighted by Crippen LogP contribution is 2.68. The van der Waals surface area contributed by atoms with E-state index in [2.05, 4.69) is 37.1 Å². The number of aromatic nitrogens is 7. The van der Waals surface area contributed by atoms with E-state index in [-0.39, 0.29) is 61.9 Å². The summed E-state index contributed by atoms with van der Waals surface area (Å²) in [6, 6.07) is 7.05. The number of aliphatic hydroxyl groups excluding tert-OH is 1. The molecule has 4 aromatic heterocycles. The third kappa shape index (κ3) is 8.02. The molecule has 0 radical (unpaired) electrons.